The van der Waals surface area contributed by atoms with Gasteiger partial charge in [-0.3, -0.25) is 5.41 Å². The highest BCUT2D eigenvalue weighted by Crippen LogP contribution is 2.15. The summed E-state index contributed by atoms with van der Waals surface area (Å²) in [6, 6.07) is 0.603. The Balaban J connectivity index is 0.000000336. The van der Waals surface area contributed by atoms with Crippen LogP contribution >= 0.6 is 0 Å². The molecule has 1 aliphatic heterocycles. The second kappa shape index (κ2) is 6.14. The molecule has 2 heteroatoms. The van der Waals surface area contributed by atoms with Crippen molar-refractivity contribution in [3.8, 4) is 0 Å². The van der Waals surface area contributed by atoms with Crippen molar-refractivity contribution in [3.63, 3.8) is 0 Å². The molecule has 0 aromatic carbocycles. The van der Waals surface area contributed by atoms with Gasteiger partial charge in [-0.1, -0.05) is 27.7 Å². The van der Waals surface area contributed by atoms with E-state index in [0.717, 1.165) is 12.4 Å². The van der Waals surface area contributed by atoms with Crippen LogP contribution < -0.4 is 0 Å². The van der Waals surface area contributed by atoms with Crippen molar-refractivity contribution in [1.29, 1.82) is 5.41 Å². The lowest BCUT2D eigenvalue weighted by Gasteiger charge is -2.34. The lowest BCUT2D eigenvalue weighted by atomic mass is 10.0. The van der Waals surface area contributed by atoms with Crippen LogP contribution in [0.4, 0.5) is 0 Å². The molecule has 1 saturated heterocycles. The Bertz CT molecular complexity index is 185. The van der Waals surface area contributed by atoms with Gasteiger partial charge in [0.05, 0.1) is 5.84 Å². The maximum absolute atomic E-state index is 7.45. The van der Waals surface area contributed by atoms with Crippen LogP contribution in [0.5, 0.6) is 0 Å². The third-order valence-electron chi connectivity index (χ3n) is 2.23. The molecule has 1 rings (SSSR count). The minimum Gasteiger partial charge on any atom is -0.358 e. The molecule has 0 saturated carbocycles. The first-order valence-electron chi connectivity index (χ1n) is 6.03. The van der Waals surface area contributed by atoms with E-state index in [1.54, 1.807) is 0 Å². The number of nitrogens with zero attached hydrogens (tertiary/aromatic N) is 1. The van der Waals surface area contributed by atoms with E-state index in [0.29, 0.717) is 11.5 Å². The molecule has 1 aliphatic rings. The van der Waals surface area contributed by atoms with Gasteiger partial charge in [-0.25, -0.2) is 0 Å². The molecule has 15 heavy (non-hydrogen) atoms. The number of piperidine rings is 1. The fraction of sp³-hybridized carbons (Fsp3) is 0.923. The predicted molar refractivity (Wildman–Crippen MR) is 68.5 cm³/mol. The topological polar surface area (TPSA) is 27.1 Å². The summed E-state index contributed by atoms with van der Waals surface area (Å²) in [4.78, 5) is 2.18. The molecule has 0 aliphatic carbocycles. The molecule has 0 aromatic heterocycles. The zero-order chi connectivity index (χ0) is 12.1. The molecular weight excluding hydrogens is 184 g/mol. The van der Waals surface area contributed by atoms with Crippen molar-refractivity contribution >= 4 is 5.84 Å². The number of rotatable bonds is 0. The number of likely N-dealkylation sites (tertiary alicyclic amines) is 1. The highest BCUT2D eigenvalue weighted by atomic mass is 15.2. The van der Waals surface area contributed by atoms with Gasteiger partial charge >= 0.3 is 0 Å². The summed E-state index contributed by atoms with van der Waals surface area (Å²) in [6.45, 7) is 13.9. The van der Waals surface area contributed by atoms with E-state index >= 15 is 0 Å². The van der Waals surface area contributed by atoms with Crippen molar-refractivity contribution in [2.24, 2.45) is 5.41 Å². The molecule has 2 nitrogen and oxygen atoms in total. The molecular formula is C13H28N2. The van der Waals surface area contributed by atoms with Crippen molar-refractivity contribution in [3.05, 3.63) is 0 Å². The van der Waals surface area contributed by atoms with Crippen LogP contribution in [0.15, 0.2) is 0 Å². The van der Waals surface area contributed by atoms with Gasteiger partial charge < -0.3 is 4.90 Å². The number of hydrogen-bond acceptors (Lipinski definition) is 1. The van der Waals surface area contributed by atoms with Crippen LogP contribution in [-0.4, -0.2) is 23.3 Å². The van der Waals surface area contributed by atoms with E-state index in [9.17, 15) is 0 Å². The van der Waals surface area contributed by atoms with Gasteiger partial charge in [0.25, 0.3) is 0 Å². The fourth-order valence-corrected chi connectivity index (χ4v) is 1.60. The Labute approximate surface area is 95.6 Å². The lowest BCUT2D eigenvalue weighted by Crippen LogP contribution is -2.40. The van der Waals surface area contributed by atoms with Gasteiger partial charge in [0.2, 0.25) is 0 Å². The average Bonchev–Trinajstić information content (AvgIpc) is 2.01. The van der Waals surface area contributed by atoms with Crippen LogP contribution in [0.1, 0.15) is 60.8 Å². The normalized spacial score (nSPS) is 21.7. The minimum absolute atomic E-state index is 0.500. The number of nitrogens with one attached hydrogen (secondary N) is 1. The van der Waals surface area contributed by atoms with E-state index in [-0.39, 0.29) is 0 Å². The summed E-state index contributed by atoms with van der Waals surface area (Å²) in [6.07, 6.45) is 3.86. The van der Waals surface area contributed by atoms with Crippen LogP contribution in [0.25, 0.3) is 0 Å². The fourth-order valence-electron chi connectivity index (χ4n) is 1.60. The monoisotopic (exact) mass is 212 g/mol. The van der Waals surface area contributed by atoms with Crippen LogP contribution in [0.2, 0.25) is 0 Å². The van der Waals surface area contributed by atoms with E-state index < -0.39 is 0 Å². The van der Waals surface area contributed by atoms with Crippen LogP contribution in [0.3, 0.4) is 0 Å². The minimum atomic E-state index is 0.500. The van der Waals surface area contributed by atoms with Gasteiger partial charge in [-0.2, -0.15) is 0 Å². The first-order chi connectivity index (χ1) is 6.72. The zero-order valence-electron chi connectivity index (χ0n) is 11.4. The third kappa shape index (κ3) is 8.46. The van der Waals surface area contributed by atoms with Crippen molar-refractivity contribution in [2.75, 3.05) is 6.54 Å². The molecule has 1 fully saturated rings. The molecule has 90 valence electrons. The number of hydrogen-bond donors (Lipinski definition) is 1. The second-order valence-corrected chi connectivity index (χ2v) is 6.12. The molecule has 0 bridgehead atoms. The lowest BCUT2D eigenvalue weighted by molar-refractivity contribution is 0.255. The largest absolute Gasteiger partial charge is 0.358 e. The Hall–Kier alpha value is -0.530. The number of amidine groups is 1. The van der Waals surface area contributed by atoms with Crippen molar-refractivity contribution in [1.82, 2.24) is 4.90 Å². The summed E-state index contributed by atoms with van der Waals surface area (Å²) < 4.78 is 0. The molecule has 0 spiro atoms. The smallest absolute Gasteiger partial charge is 0.0928 e. The summed E-state index contributed by atoms with van der Waals surface area (Å²) in [5.74, 6) is 0.729. The van der Waals surface area contributed by atoms with Gasteiger partial charge in [-0.05, 0) is 38.5 Å². The Morgan fingerprint density at radius 2 is 1.67 bits per heavy atom. The molecule has 1 atom stereocenters. The van der Waals surface area contributed by atoms with Gasteiger partial charge in [0, 0.05) is 12.6 Å². The summed E-state index contributed by atoms with van der Waals surface area (Å²) in [5.41, 5.74) is 0.500. The molecule has 0 amide bonds. The SMILES string of the molecule is CC(=N)N1CCCC[C@H]1C.CC(C)(C)C. The quantitative estimate of drug-likeness (QED) is 0.478. The maximum atomic E-state index is 7.45. The van der Waals surface area contributed by atoms with E-state index in [4.69, 9.17) is 5.41 Å². The van der Waals surface area contributed by atoms with Crippen LogP contribution in [0, 0.1) is 10.8 Å². The van der Waals surface area contributed by atoms with Crippen molar-refractivity contribution < 1.29 is 0 Å². The highest BCUT2D eigenvalue weighted by molar-refractivity contribution is 5.76. The summed E-state index contributed by atoms with van der Waals surface area (Å²) in [7, 11) is 0. The first kappa shape index (κ1) is 14.5. The van der Waals surface area contributed by atoms with Gasteiger partial charge in [-0.15, -0.1) is 0 Å². The van der Waals surface area contributed by atoms with Gasteiger partial charge in [0.1, 0.15) is 0 Å². The Morgan fingerprint density at radius 3 is 1.93 bits per heavy atom. The van der Waals surface area contributed by atoms with E-state index in [1.807, 2.05) is 6.92 Å². The maximum Gasteiger partial charge on any atom is 0.0928 e. The molecule has 0 radical (unpaired) electrons. The standard InChI is InChI=1S/C8H16N2.C5H12/c1-7-5-3-4-6-10(7)8(2)9;1-5(2,3)4/h7,9H,3-6H2,1-2H3;1-4H3/t7-;/m1./s1. The Kier molecular flexibility index (Phi) is 5.92. The summed E-state index contributed by atoms with van der Waals surface area (Å²) >= 11 is 0. The van der Waals surface area contributed by atoms with Crippen molar-refractivity contribution in [2.45, 2.75) is 66.8 Å². The van der Waals surface area contributed by atoms with Crippen LogP contribution in [-0.2, 0) is 0 Å². The highest BCUT2D eigenvalue weighted by Gasteiger charge is 2.17. The first-order valence-corrected chi connectivity index (χ1v) is 6.03. The third-order valence-corrected chi connectivity index (χ3v) is 2.23. The molecule has 0 aromatic rings. The second-order valence-electron chi connectivity index (χ2n) is 6.12. The molecule has 0 unspecified atom stereocenters. The zero-order valence-corrected chi connectivity index (χ0v) is 11.4. The molecule has 1 heterocycles. The average molecular weight is 212 g/mol. The predicted octanol–water partition coefficient (Wildman–Crippen LogP) is 3.91. The Morgan fingerprint density at radius 1 is 1.20 bits per heavy atom. The van der Waals surface area contributed by atoms with Gasteiger partial charge in [0.15, 0.2) is 0 Å². The molecule has 1 N–H and O–H groups in total. The summed E-state index contributed by atoms with van der Waals surface area (Å²) in [5, 5.41) is 7.45. The van der Waals surface area contributed by atoms with E-state index in [1.165, 1.54) is 19.3 Å². The van der Waals surface area contributed by atoms with E-state index in [2.05, 4.69) is 39.5 Å².